The molecule has 96 valence electrons. The molecule has 1 aromatic rings. The van der Waals surface area contributed by atoms with Gasteiger partial charge in [-0.05, 0) is 35.7 Å². The average molecular weight is 304 g/mol. The van der Waals surface area contributed by atoms with Crippen molar-refractivity contribution in [2.24, 2.45) is 0 Å². The summed E-state index contributed by atoms with van der Waals surface area (Å²) < 4.78 is 1.88. The second-order valence-corrected chi connectivity index (χ2v) is 4.55. The van der Waals surface area contributed by atoms with Gasteiger partial charge < -0.3 is 10.4 Å². The van der Waals surface area contributed by atoms with Crippen LogP contribution < -0.4 is 10.9 Å². The van der Waals surface area contributed by atoms with E-state index in [-0.39, 0.29) is 18.2 Å². The smallest absolute Gasteiger partial charge is 0.283 e. The van der Waals surface area contributed by atoms with Crippen LogP contribution in [0.2, 0.25) is 0 Å². The molecule has 0 fully saturated rings. The Hall–Kier alpha value is -0.880. The molecule has 1 rings (SSSR count). The maximum atomic E-state index is 11.8. The molecule has 1 aromatic heterocycles. The van der Waals surface area contributed by atoms with E-state index in [1.54, 1.807) is 6.20 Å². The highest BCUT2D eigenvalue weighted by atomic mass is 79.9. The van der Waals surface area contributed by atoms with E-state index in [9.17, 15) is 4.79 Å². The minimum atomic E-state index is -0.142. The largest absolute Gasteiger partial charge is 0.396 e. The van der Waals surface area contributed by atoms with Crippen LogP contribution in [0.1, 0.15) is 26.7 Å². The van der Waals surface area contributed by atoms with Gasteiger partial charge in [0.05, 0.1) is 11.9 Å². The summed E-state index contributed by atoms with van der Waals surface area (Å²) in [4.78, 5) is 11.8. The van der Waals surface area contributed by atoms with Gasteiger partial charge >= 0.3 is 0 Å². The first kappa shape index (κ1) is 14.2. The molecule has 5 nitrogen and oxygen atoms in total. The quantitative estimate of drug-likeness (QED) is 0.838. The number of hydrogen-bond acceptors (Lipinski definition) is 4. The summed E-state index contributed by atoms with van der Waals surface area (Å²) in [6.45, 7) is 4.57. The van der Waals surface area contributed by atoms with E-state index in [1.165, 1.54) is 4.68 Å². The molecule has 1 heterocycles. The van der Waals surface area contributed by atoms with Gasteiger partial charge in [-0.2, -0.15) is 5.10 Å². The molecule has 0 saturated carbocycles. The summed E-state index contributed by atoms with van der Waals surface area (Å²) in [5.74, 6) is 0. The topological polar surface area (TPSA) is 67.2 Å². The summed E-state index contributed by atoms with van der Waals surface area (Å²) in [5, 5.41) is 16.2. The highest BCUT2D eigenvalue weighted by Gasteiger charge is 2.11. The number of aliphatic hydroxyl groups excluding tert-OH is 1. The fourth-order valence-corrected chi connectivity index (χ4v) is 1.97. The van der Waals surface area contributed by atoms with Crippen LogP contribution >= 0.6 is 15.9 Å². The number of hydrogen-bond donors (Lipinski definition) is 2. The number of anilines is 1. The number of aromatic nitrogens is 2. The Kier molecular flexibility index (Phi) is 5.64. The molecule has 0 amide bonds. The van der Waals surface area contributed by atoms with Crippen molar-refractivity contribution in [2.45, 2.75) is 39.3 Å². The zero-order valence-corrected chi connectivity index (χ0v) is 11.7. The summed E-state index contributed by atoms with van der Waals surface area (Å²) in [6.07, 6.45) is 3.17. The van der Waals surface area contributed by atoms with Gasteiger partial charge in [-0.15, -0.1) is 0 Å². The molecule has 0 aliphatic carbocycles. The monoisotopic (exact) mass is 303 g/mol. The van der Waals surface area contributed by atoms with Crippen molar-refractivity contribution in [3.63, 3.8) is 0 Å². The van der Waals surface area contributed by atoms with Crippen molar-refractivity contribution in [3.8, 4) is 0 Å². The van der Waals surface area contributed by atoms with Crippen LogP contribution in [0.15, 0.2) is 15.5 Å². The molecule has 6 heteroatoms. The number of nitrogens with one attached hydrogen (secondary N) is 1. The first-order chi connectivity index (χ1) is 8.13. The molecule has 0 saturated heterocycles. The van der Waals surface area contributed by atoms with Crippen molar-refractivity contribution in [1.82, 2.24) is 9.78 Å². The molecular weight excluding hydrogens is 286 g/mol. The Morgan fingerprint density at radius 1 is 1.59 bits per heavy atom. The van der Waals surface area contributed by atoms with Crippen LogP contribution in [0, 0.1) is 0 Å². The molecule has 0 spiro atoms. The van der Waals surface area contributed by atoms with Crippen molar-refractivity contribution in [1.29, 1.82) is 0 Å². The lowest BCUT2D eigenvalue weighted by Crippen LogP contribution is -2.26. The summed E-state index contributed by atoms with van der Waals surface area (Å²) >= 11 is 3.28. The Bertz CT molecular complexity index is 420. The zero-order chi connectivity index (χ0) is 12.8. The third-order valence-electron chi connectivity index (χ3n) is 2.61. The van der Waals surface area contributed by atoms with Crippen LogP contribution in [0.5, 0.6) is 0 Å². The van der Waals surface area contributed by atoms with Crippen molar-refractivity contribution < 1.29 is 5.11 Å². The van der Waals surface area contributed by atoms with Gasteiger partial charge in [-0.25, -0.2) is 4.68 Å². The molecule has 17 heavy (non-hydrogen) atoms. The molecule has 0 aliphatic rings. The van der Waals surface area contributed by atoms with E-state index in [2.05, 4.69) is 26.3 Å². The van der Waals surface area contributed by atoms with Crippen LogP contribution in [0.4, 0.5) is 5.69 Å². The standard InChI is InChI=1S/C11H18BrN3O2/c1-3-8(5-6-16)14-9-7-13-15(4-2)11(17)10(9)12/h7-8,14,16H,3-6H2,1-2H3. The van der Waals surface area contributed by atoms with Crippen LogP contribution in [-0.4, -0.2) is 27.5 Å². The number of aryl methyl sites for hydroxylation is 1. The van der Waals surface area contributed by atoms with E-state index in [4.69, 9.17) is 5.11 Å². The molecule has 1 unspecified atom stereocenters. The summed E-state index contributed by atoms with van der Waals surface area (Å²) in [7, 11) is 0. The highest BCUT2D eigenvalue weighted by molar-refractivity contribution is 9.10. The van der Waals surface area contributed by atoms with E-state index in [0.717, 1.165) is 6.42 Å². The SMILES string of the molecule is CCC(CCO)Nc1cnn(CC)c(=O)c1Br. The lowest BCUT2D eigenvalue weighted by molar-refractivity contribution is 0.278. The minimum Gasteiger partial charge on any atom is -0.396 e. The third-order valence-corrected chi connectivity index (χ3v) is 3.38. The van der Waals surface area contributed by atoms with Crippen LogP contribution in [0.3, 0.4) is 0 Å². The molecule has 0 radical (unpaired) electrons. The maximum Gasteiger partial charge on any atom is 0.283 e. The van der Waals surface area contributed by atoms with Gasteiger partial charge in [0.1, 0.15) is 4.47 Å². The normalized spacial score (nSPS) is 12.5. The fraction of sp³-hybridized carbons (Fsp3) is 0.636. The first-order valence-electron chi connectivity index (χ1n) is 5.77. The zero-order valence-electron chi connectivity index (χ0n) is 10.1. The van der Waals surface area contributed by atoms with Gasteiger partial charge in [0, 0.05) is 19.2 Å². The van der Waals surface area contributed by atoms with Crippen molar-refractivity contribution in [2.75, 3.05) is 11.9 Å². The lowest BCUT2D eigenvalue weighted by atomic mass is 10.1. The first-order valence-corrected chi connectivity index (χ1v) is 6.56. The van der Waals surface area contributed by atoms with Gasteiger partial charge in [-0.3, -0.25) is 4.79 Å². The third kappa shape index (κ3) is 3.54. The number of aliphatic hydroxyl groups is 1. The van der Waals surface area contributed by atoms with Crippen LogP contribution in [0.25, 0.3) is 0 Å². The maximum absolute atomic E-state index is 11.8. The van der Waals surface area contributed by atoms with Gasteiger partial charge in [0.15, 0.2) is 0 Å². The fourth-order valence-electron chi connectivity index (χ4n) is 1.55. The van der Waals surface area contributed by atoms with E-state index in [0.29, 0.717) is 23.1 Å². The number of halogens is 1. The Balaban J connectivity index is 2.92. The predicted octanol–water partition coefficient (Wildman–Crippen LogP) is 1.60. The minimum absolute atomic E-state index is 0.128. The molecule has 0 bridgehead atoms. The highest BCUT2D eigenvalue weighted by Crippen LogP contribution is 2.18. The van der Waals surface area contributed by atoms with Gasteiger partial charge in [0.25, 0.3) is 5.56 Å². The molecule has 0 aliphatic heterocycles. The van der Waals surface area contributed by atoms with Crippen molar-refractivity contribution >= 4 is 21.6 Å². The second-order valence-electron chi connectivity index (χ2n) is 3.75. The van der Waals surface area contributed by atoms with E-state index >= 15 is 0 Å². The number of nitrogens with zero attached hydrogens (tertiary/aromatic N) is 2. The van der Waals surface area contributed by atoms with E-state index < -0.39 is 0 Å². The molecule has 2 N–H and O–H groups in total. The van der Waals surface area contributed by atoms with E-state index in [1.807, 2.05) is 13.8 Å². The predicted molar refractivity (Wildman–Crippen MR) is 71.3 cm³/mol. The van der Waals surface area contributed by atoms with Gasteiger partial charge in [-0.1, -0.05) is 6.92 Å². The molecular formula is C11H18BrN3O2. The second kappa shape index (κ2) is 6.76. The average Bonchev–Trinajstić information content (AvgIpc) is 2.34. The Labute approximate surface area is 109 Å². The lowest BCUT2D eigenvalue weighted by Gasteiger charge is -2.18. The Morgan fingerprint density at radius 3 is 2.82 bits per heavy atom. The van der Waals surface area contributed by atoms with Gasteiger partial charge in [0.2, 0.25) is 0 Å². The van der Waals surface area contributed by atoms with Crippen molar-refractivity contribution in [3.05, 3.63) is 21.0 Å². The number of rotatable bonds is 6. The summed E-state index contributed by atoms with van der Waals surface area (Å²) in [6, 6.07) is 0.148. The molecule has 0 aromatic carbocycles. The van der Waals surface area contributed by atoms with Crippen LogP contribution in [-0.2, 0) is 6.54 Å². The molecule has 1 atom stereocenters. The Morgan fingerprint density at radius 2 is 2.29 bits per heavy atom. The summed E-state index contributed by atoms with van der Waals surface area (Å²) in [5.41, 5.74) is 0.538.